The van der Waals surface area contributed by atoms with Crippen molar-refractivity contribution in [1.82, 2.24) is 4.90 Å². The summed E-state index contributed by atoms with van der Waals surface area (Å²) < 4.78 is 9.21. The summed E-state index contributed by atoms with van der Waals surface area (Å²) in [5, 5.41) is 30.4. The van der Waals surface area contributed by atoms with Crippen molar-refractivity contribution < 1.29 is 29.1 Å². The third-order valence-corrected chi connectivity index (χ3v) is 3.45. The third-order valence-electron chi connectivity index (χ3n) is 3.45. The maximum Gasteiger partial charge on any atom is 0.514 e. The summed E-state index contributed by atoms with van der Waals surface area (Å²) in [6, 6.07) is 3.71. The lowest BCUT2D eigenvalue weighted by atomic mass is 10.1. The van der Waals surface area contributed by atoms with Crippen molar-refractivity contribution in [3.63, 3.8) is 0 Å². The number of carbonyl (C=O) groups is 2. The third kappa shape index (κ3) is 5.47. The van der Waals surface area contributed by atoms with E-state index in [1.54, 1.807) is 19.9 Å². The second-order valence-corrected chi connectivity index (χ2v) is 5.14. The average Bonchev–Trinajstić information content (AvgIpc) is 2.67. The molecule has 0 radical (unpaired) electrons. The minimum Gasteiger partial charge on any atom is -0.499 e. The van der Waals surface area contributed by atoms with E-state index < -0.39 is 40.8 Å². The van der Waals surface area contributed by atoms with Crippen molar-refractivity contribution in [2.75, 3.05) is 19.7 Å². The number of amides is 1. The molecule has 0 saturated heterocycles. The van der Waals surface area contributed by atoms with E-state index in [0.717, 1.165) is 18.2 Å². The monoisotopic (exact) mass is 387 g/mol. The van der Waals surface area contributed by atoms with Gasteiger partial charge in [0.05, 0.1) is 4.92 Å². The van der Waals surface area contributed by atoms with E-state index >= 15 is 0 Å². The Bertz CT molecular complexity index is 890. The fraction of sp³-hybridized carbons (Fsp3) is 0.278. The molecule has 0 aromatic heterocycles. The Hall–Kier alpha value is -4.05. The number of phenolic OH excluding ortho intramolecular Hbond substituents is 1. The molecule has 0 atom stereocenters. The molecule has 0 aliphatic carbocycles. The largest absolute Gasteiger partial charge is 0.514 e. The summed E-state index contributed by atoms with van der Waals surface area (Å²) in [5.74, 6) is -0.0547. The number of aromatic hydroxyl groups is 1. The number of phenols is 1. The highest BCUT2D eigenvalue weighted by Crippen LogP contribution is 2.38. The van der Waals surface area contributed by atoms with Crippen LogP contribution in [0.15, 0.2) is 17.7 Å². The molecule has 0 saturated carbocycles. The molecule has 0 aliphatic rings. The summed E-state index contributed by atoms with van der Waals surface area (Å²) in [7, 11) is 0. The van der Waals surface area contributed by atoms with Crippen LogP contribution in [0, 0.1) is 33.8 Å². The average molecular weight is 387 g/mol. The van der Waals surface area contributed by atoms with Crippen molar-refractivity contribution in [1.29, 1.82) is 5.26 Å². The van der Waals surface area contributed by atoms with E-state index in [-0.39, 0.29) is 11.1 Å². The van der Waals surface area contributed by atoms with Gasteiger partial charge in [0, 0.05) is 19.2 Å². The van der Waals surface area contributed by atoms with Crippen molar-refractivity contribution in [2.45, 2.75) is 13.8 Å². The second-order valence-electron chi connectivity index (χ2n) is 5.14. The zero-order valence-electron chi connectivity index (χ0n) is 15.2. The molecule has 0 unspecified atom stereocenters. The van der Waals surface area contributed by atoms with Crippen LogP contribution >= 0.6 is 0 Å². The molecule has 146 valence electrons. The van der Waals surface area contributed by atoms with Crippen LogP contribution in [0.3, 0.4) is 0 Å². The zero-order valence-corrected chi connectivity index (χ0v) is 15.2. The van der Waals surface area contributed by atoms with Gasteiger partial charge in [0.25, 0.3) is 5.91 Å². The van der Waals surface area contributed by atoms with Gasteiger partial charge >= 0.3 is 11.8 Å². The molecule has 10 heteroatoms. The molecule has 1 amide bonds. The normalized spacial score (nSPS) is 10.4. The first-order valence-corrected chi connectivity index (χ1v) is 7.99. The van der Waals surface area contributed by atoms with Gasteiger partial charge < -0.3 is 19.5 Å². The number of ether oxygens (including phenoxy) is 2. The number of hydrogen-bond acceptors (Lipinski definition) is 8. The Morgan fingerprint density at radius 2 is 2.04 bits per heavy atom. The van der Waals surface area contributed by atoms with Crippen molar-refractivity contribution in [2.24, 2.45) is 0 Å². The van der Waals surface area contributed by atoms with Crippen LogP contribution in [0.25, 0.3) is 6.08 Å². The Kier molecular flexibility index (Phi) is 8.00. The van der Waals surface area contributed by atoms with Crippen LogP contribution < -0.4 is 4.74 Å². The Balaban J connectivity index is 3.40. The number of benzene rings is 1. The number of nitro groups is 1. The highest BCUT2D eigenvalue weighted by Gasteiger charge is 2.23. The van der Waals surface area contributed by atoms with E-state index in [2.05, 4.69) is 4.74 Å². The number of rotatable bonds is 7. The van der Waals surface area contributed by atoms with E-state index in [4.69, 9.17) is 11.2 Å². The summed E-state index contributed by atoms with van der Waals surface area (Å²) in [5.41, 5.74) is -1.09. The fourth-order valence-electron chi connectivity index (χ4n) is 2.12. The summed E-state index contributed by atoms with van der Waals surface area (Å²) >= 11 is 0. The lowest BCUT2D eigenvalue weighted by Gasteiger charge is -2.17. The van der Waals surface area contributed by atoms with Crippen LogP contribution in [0.1, 0.15) is 19.4 Å². The van der Waals surface area contributed by atoms with Gasteiger partial charge in [-0.2, -0.15) is 5.26 Å². The summed E-state index contributed by atoms with van der Waals surface area (Å²) in [6.45, 7) is 3.78. The predicted octanol–water partition coefficient (Wildman–Crippen LogP) is 2.22. The van der Waals surface area contributed by atoms with Gasteiger partial charge in [-0.3, -0.25) is 14.9 Å². The summed E-state index contributed by atoms with van der Waals surface area (Å²) in [4.78, 5) is 35.5. The molecule has 0 aliphatic heterocycles. The van der Waals surface area contributed by atoms with Crippen molar-refractivity contribution in [3.05, 3.63) is 33.4 Å². The standard InChI is InChI=1S/C18H17N3O7/c1-4-7-27-18(24)28-15-10-12(9-14(16(15)22)21(25)26)8-13(11-19)17(23)20(5-2)6-3/h1,8-10,22H,5-7H2,2-3H3. The molecule has 0 fully saturated rings. The van der Waals surface area contributed by atoms with Crippen LogP contribution in [0.4, 0.5) is 10.5 Å². The van der Waals surface area contributed by atoms with E-state index in [1.165, 1.54) is 4.90 Å². The van der Waals surface area contributed by atoms with Gasteiger partial charge in [-0.1, -0.05) is 5.92 Å². The zero-order chi connectivity index (χ0) is 21.3. The maximum atomic E-state index is 12.3. The number of terminal acetylenes is 1. The summed E-state index contributed by atoms with van der Waals surface area (Å²) in [6.07, 6.45) is 4.74. The van der Waals surface area contributed by atoms with Gasteiger partial charge in [-0.05, 0) is 31.6 Å². The van der Waals surface area contributed by atoms with Crippen molar-refractivity contribution in [3.8, 4) is 29.9 Å². The van der Waals surface area contributed by atoms with Gasteiger partial charge in [0.2, 0.25) is 5.75 Å². The molecule has 0 bridgehead atoms. The van der Waals surface area contributed by atoms with Crippen LogP contribution in [-0.4, -0.2) is 46.7 Å². The fourth-order valence-corrected chi connectivity index (χ4v) is 2.12. The Morgan fingerprint density at radius 3 is 2.54 bits per heavy atom. The number of nitro benzene ring substituents is 1. The number of nitriles is 1. The van der Waals surface area contributed by atoms with Gasteiger partial charge in [0.1, 0.15) is 11.6 Å². The number of hydrogen-bond donors (Lipinski definition) is 1. The Labute approximate surface area is 160 Å². The predicted molar refractivity (Wildman–Crippen MR) is 97.1 cm³/mol. The lowest BCUT2D eigenvalue weighted by Crippen LogP contribution is -2.31. The topological polar surface area (TPSA) is 143 Å². The first kappa shape index (κ1) is 22.0. The molecule has 0 heterocycles. The van der Waals surface area contributed by atoms with Gasteiger partial charge in [-0.15, -0.1) is 6.42 Å². The molecule has 28 heavy (non-hydrogen) atoms. The molecule has 10 nitrogen and oxygen atoms in total. The molecule has 1 aromatic rings. The van der Waals surface area contributed by atoms with Crippen LogP contribution in [0.2, 0.25) is 0 Å². The second kappa shape index (κ2) is 10.2. The number of nitrogens with zero attached hydrogens (tertiary/aromatic N) is 3. The van der Waals surface area contributed by atoms with Gasteiger partial charge in [-0.25, -0.2) is 4.79 Å². The molecule has 1 N–H and O–H groups in total. The highest BCUT2D eigenvalue weighted by atomic mass is 16.7. The van der Waals surface area contributed by atoms with Crippen LogP contribution in [0.5, 0.6) is 11.5 Å². The van der Waals surface area contributed by atoms with Crippen LogP contribution in [-0.2, 0) is 9.53 Å². The minimum absolute atomic E-state index is 0.0127. The molecule has 0 spiro atoms. The molecular formula is C18H17N3O7. The SMILES string of the molecule is C#CCOC(=O)Oc1cc(C=C(C#N)C(=O)N(CC)CC)cc([N+](=O)[O-])c1O. The molecule has 1 aromatic carbocycles. The quantitative estimate of drug-likeness (QED) is 0.143. The minimum atomic E-state index is -1.29. The lowest BCUT2D eigenvalue weighted by molar-refractivity contribution is -0.385. The smallest absolute Gasteiger partial charge is 0.499 e. The van der Waals surface area contributed by atoms with E-state index in [0.29, 0.717) is 13.1 Å². The first-order valence-electron chi connectivity index (χ1n) is 7.99. The Morgan fingerprint density at radius 1 is 1.39 bits per heavy atom. The number of carbonyl (C=O) groups excluding carboxylic acids is 2. The molecule has 1 rings (SSSR count). The first-order chi connectivity index (χ1) is 13.3. The van der Waals surface area contributed by atoms with Gasteiger partial charge in [0.15, 0.2) is 12.4 Å². The van der Waals surface area contributed by atoms with E-state index in [9.17, 15) is 30.1 Å². The number of likely N-dealkylation sites (N-methyl/N-ethyl adjacent to an activating group) is 1. The molecular weight excluding hydrogens is 370 g/mol. The maximum absolute atomic E-state index is 12.3. The van der Waals surface area contributed by atoms with E-state index in [1.807, 2.05) is 5.92 Å². The van der Waals surface area contributed by atoms with Crippen molar-refractivity contribution >= 4 is 23.8 Å². The highest BCUT2D eigenvalue weighted by molar-refractivity contribution is 6.01.